The fourth-order valence-corrected chi connectivity index (χ4v) is 0.417. The first-order chi connectivity index (χ1) is 5.80. The van der Waals surface area contributed by atoms with E-state index in [-0.39, 0.29) is 0 Å². The van der Waals surface area contributed by atoms with E-state index in [1.165, 1.54) is 6.20 Å². The van der Waals surface area contributed by atoms with E-state index in [4.69, 9.17) is 30.7 Å². The van der Waals surface area contributed by atoms with Gasteiger partial charge in [0.05, 0.1) is 17.6 Å². The SMILES string of the molecule is Nc1ccncc1N.O=P(O)(O)O. The molecule has 7 N–H and O–H groups in total. The minimum Gasteiger partial charge on any atom is -0.397 e. The van der Waals surface area contributed by atoms with Gasteiger partial charge in [-0.2, -0.15) is 0 Å². The van der Waals surface area contributed by atoms with Gasteiger partial charge in [-0.1, -0.05) is 0 Å². The van der Waals surface area contributed by atoms with Crippen LogP contribution in [-0.2, 0) is 4.57 Å². The summed E-state index contributed by atoms with van der Waals surface area (Å²) in [5, 5.41) is 0. The second-order valence-electron chi connectivity index (χ2n) is 2.02. The average molecular weight is 207 g/mol. The van der Waals surface area contributed by atoms with Crippen LogP contribution in [0.1, 0.15) is 0 Å². The predicted octanol–water partition coefficient (Wildman–Crippen LogP) is -0.683. The molecule has 0 bridgehead atoms. The van der Waals surface area contributed by atoms with E-state index >= 15 is 0 Å². The largest absolute Gasteiger partial charge is 0.466 e. The summed E-state index contributed by atoms with van der Waals surface area (Å²) in [7, 11) is -4.64. The van der Waals surface area contributed by atoms with Crippen LogP contribution < -0.4 is 11.5 Å². The van der Waals surface area contributed by atoms with Crippen LogP contribution in [0.5, 0.6) is 0 Å². The summed E-state index contributed by atoms with van der Waals surface area (Å²) >= 11 is 0. The Hall–Kier alpha value is -1.14. The van der Waals surface area contributed by atoms with Crippen LogP contribution in [0.2, 0.25) is 0 Å². The van der Waals surface area contributed by atoms with Crippen molar-refractivity contribution in [3.05, 3.63) is 18.5 Å². The van der Waals surface area contributed by atoms with Crippen molar-refractivity contribution >= 4 is 19.2 Å². The van der Waals surface area contributed by atoms with Crippen LogP contribution in [0, 0.1) is 0 Å². The quantitative estimate of drug-likeness (QED) is 0.354. The number of hydrogen-bond donors (Lipinski definition) is 5. The average Bonchev–Trinajstić information content (AvgIpc) is 1.92. The molecule has 74 valence electrons. The number of nitrogens with two attached hydrogens (primary N) is 2. The highest BCUT2D eigenvalue weighted by atomic mass is 31.2. The Labute approximate surface area is 74.3 Å². The molecule has 13 heavy (non-hydrogen) atoms. The Balaban J connectivity index is 0.000000252. The number of phosphoric acid groups is 1. The zero-order chi connectivity index (χ0) is 10.5. The van der Waals surface area contributed by atoms with E-state index in [0.717, 1.165) is 0 Å². The van der Waals surface area contributed by atoms with E-state index < -0.39 is 7.82 Å². The molecular formula is C5H10N3O4P. The second kappa shape index (κ2) is 4.78. The van der Waals surface area contributed by atoms with Gasteiger partial charge < -0.3 is 26.1 Å². The summed E-state index contributed by atoms with van der Waals surface area (Å²) in [5.74, 6) is 0. The van der Waals surface area contributed by atoms with Crippen molar-refractivity contribution in [2.45, 2.75) is 0 Å². The van der Waals surface area contributed by atoms with Gasteiger partial charge in [0, 0.05) is 6.20 Å². The van der Waals surface area contributed by atoms with Crippen molar-refractivity contribution in [3.8, 4) is 0 Å². The third kappa shape index (κ3) is 8.77. The number of pyridine rings is 1. The molecule has 1 aromatic rings. The van der Waals surface area contributed by atoms with Crippen molar-refractivity contribution in [2.24, 2.45) is 0 Å². The van der Waals surface area contributed by atoms with Crippen LogP contribution in [0.4, 0.5) is 11.4 Å². The first-order valence-electron chi connectivity index (χ1n) is 3.04. The zero-order valence-electron chi connectivity index (χ0n) is 6.53. The van der Waals surface area contributed by atoms with Crippen LogP contribution in [0.15, 0.2) is 18.5 Å². The van der Waals surface area contributed by atoms with Crippen LogP contribution >= 0.6 is 7.82 Å². The Bertz CT molecular complexity index is 283. The molecule has 0 radical (unpaired) electrons. The number of hydrogen-bond acceptors (Lipinski definition) is 4. The molecule has 1 rings (SSSR count). The molecule has 0 aliphatic rings. The zero-order valence-corrected chi connectivity index (χ0v) is 7.43. The maximum absolute atomic E-state index is 8.88. The smallest absolute Gasteiger partial charge is 0.397 e. The minimum atomic E-state index is -4.64. The van der Waals surface area contributed by atoms with Crippen molar-refractivity contribution < 1.29 is 19.2 Å². The molecule has 1 heterocycles. The van der Waals surface area contributed by atoms with Crippen LogP contribution in [0.3, 0.4) is 0 Å². The number of nitrogens with zero attached hydrogens (tertiary/aromatic N) is 1. The summed E-state index contributed by atoms with van der Waals surface area (Å²) in [5.41, 5.74) is 11.8. The topological polar surface area (TPSA) is 143 Å². The molecule has 0 amide bonds. The predicted molar refractivity (Wildman–Crippen MR) is 47.3 cm³/mol. The van der Waals surface area contributed by atoms with Gasteiger partial charge in [0.1, 0.15) is 0 Å². The lowest BCUT2D eigenvalue weighted by Crippen LogP contribution is -1.93. The molecular weight excluding hydrogens is 197 g/mol. The van der Waals surface area contributed by atoms with E-state index in [2.05, 4.69) is 4.98 Å². The van der Waals surface area contributed by atoms with Gasteiger partial charge in [0.15, 0.2) is 0 Å². The standard InChI is InChI=1S/C5H7N3.H3O4P/c6-4-1-2-8-3-5(4)7;1-5(2,3)4/h1-3H,7H2,(H2,6,8);(H3,1,2,3,4). The van der Waals surface area contributed by atoms with Crippen molar-refractivity contribution in [2.75, 3.05) is 11.5 Å². The van der Waals surface area contributed by atoms with Crippen molar-refractivity contribution in [1.29, 1.82) is 0 Å². The summed E-state index contributed by atoms with van der Waals surface area (Å²) < 4.78 is 8.88. The summed E-state index contributed by atoms with van der Waals surface area (Å²) in [6.07, 6.45) is 3.13. The molecule has 0 aromatic carbocycles. The molecule has 7 nitrogen and oxygen atoms in total. The third-order valence-electron chi connectivity index (χ3n) is 0.887. The highest BCUT2D eigenvalue weighted by Gasteiger charge is 2.00. The molecule has 0 atom stereocenters. The fraction of sp³-hybridized carbons (Fsp3) is 0. The molecule has 0 fully saturated rings. The maximum atomic E-state index is 8.88. The molecule has 0 aliphatic carbocycles. The molecule has 0 saturated carbocycles. The van der Waals surface area contributed by atoms with Gasteiger partial charge in [-0.3, -0.25) is 4.98 Å². The molecule has 0 unspecified atom stereocenters. The number of rotatable bonds is 0. The lowest BCUT2D eigenvalue weighted by atomic mass is 10.4. The number of aromatic nitrogens is 1. The Morgan fingerprint density at radius 1 is 1.23 bits per heavy atom. The summed E-state index contributed by atoms with van der Waals surface area (Å²) in [6.45, 7) is 0. The molecule has 1 aromatic heterocycles. The summed E-state index contributed by atoms with van der Waals surface area (Å²) in [6, 6.07) is 1.66. The Morgan fingerprint density at radius 3 is 1.92 bits per heavy atom. The Kier molecular flexibility index (Phi) is 4.36. The lowest BCUT2D eigenvalue weighted by Gasteiger charge is -1.93. The summed E-state index contributed by atoms with van der Waals surface area (Å²) in [4.78, 5) is 25.3. The second-order valence-corrected chi connectivity index (χ2v) is 3.04. The van der Waals surface area contributed by atoms with Gasteiger partial charge in [-0.05, 0) is 6.07 Å². The van der Waals surface area contributed by atoms with Crippen LogP contribution in [0.25, 0.3) is 0 Å². The van der Waals surface area contributed by atoms with Gasteiger partial charge in [0.2, 0.25) is 0 Å². The minimum absolute atomic E-state index is 0.535. The maximum Gasteiger partial charge on any atom is 0.466 e. The lowest BCUT2D eigenvalue weighted by molar-refractivity contribution is 0.275. The van der Waals surface area contributed by atoms with Gasteiger partial charge in [-0.15, -0.1) is 0 Å². The number of nitrogen functional groups attached to an aromatic ring is 2. The normalized spacial score (nSPS) is 10.1. The first-order valence-corrected chi connectivity index (χ1v) is 4.60. The van der Waals surface area contributed by atoms with Crippen molar-refractivity contribution in [1.82, 2.24) is 4.98 Å². The molecule has 8 heteroatoms. The van der Waals surface area contributed by atoms with E-state index in [9.17, 15) is 0 Å². The van der Waals surface area contributed by atoms with Gasteiger partial charge in [-0.25, -0.2) is 4.57 Å². The van der Waals surface area contributed by atoms with E-state index in [1.54, 1.807) is 12.3 Å². The van der Waals surface area contributed by atoms with E-state index in [1.807, 2.05) is 0 Å². The van der Waals surface area contributed by atoms with Crippen molar-refractivity contribution in [3.63, 3.8) is 0 Å². The van der Waals surface area contributed by atoms with Gasteiger partial charge in [0.25, 0.3) is 0 Å². The first kappa shape index (κ1) is 11.9. The van der Waals surface area contributed by atoms with Gasteiger partial charge >= 0.3 is 7.82 Å². The monoisotopic (exact) mass is 207 g/mol. The Morgan fingerprint density at radius 2 is 1.69 bits per heavy atom. The number of anilines is 2. The van der Waals surface area contributed by atoms with Crippen LogP contribution in [-0.4, -0.2) is 19.7 Å². The van der Waals surface area contributed by atoms with E-state index in [0.29, 0.717) is 11.4 Å². The third-order valence-corrected chi connectivity index (χ3v) is 0.887. The molecule has 0 saturated heterocycles. The highest BCUT2D eigenvalue weighted by Crippen LogP contribution is 2.25. The molecule has 0 aliphatic heterocycles. The molecule has 0 spiro atoms. The highest BCUT2D eigenvalue weighted by molar-refractivity contribution is 7.45. The fourth-order valence-electron chi connectivity index (χ4n) is 0.417.